The molecule has 34 heavy (non-hydrogen) atoms. The van der Waals surface area contributed by atoms with Crippen LogP contribution in [0.25, 0.3) is 0 Å². The maximum absolute atomic E-state index is 5.08. The summed E-state index contributed by atoms with van der Waals surface area (Å²) >= 11 is 0. The fourth-order valence-electron chi connectivity index (χ4n) is 4.92. The molecule has 3 aliphatic carbocycles. The van der Waals surface area contributed by atoms with Gasteiger partial charge in [0.1, 0.15) is 0 Å². The molecule has 6 rings (SSSR count). The van der Waals surface area contributed by atoms with Gasteiger partial charge in [0.15, 0.2) is 0 Å². The number of hydrogen-bond acceptors (Lipinski definition) is 3. The Bertz CT molecular complexity index is 1220. The standard InChI is InChI=1S/C27H27BN6/c1-19-16-25(22-10-4-5-11-22)29-32(19)28(33-20(2)17-26(30-33)23-12-6-7-13-23)34-21(3)18-27(31-34)24-14-8-9-15-24/h4-18,22-24H,1-3H3. The van der Waals surface area contributed by atoms with Gasteiger partial charge in [-0.1, -0.05) is 72.9 Å². The Labute approximate surface area is 200 Å². The van der Waals surface area contributed by atoms with Crippen molar-refractivity contribution in [2.75, 3.05) is 0 Å². The first-order valence-electron chi connectivity index (χ1n) is 11.8. The second-order valence-corrected chi connectivity index (χ2v) is 9.20. The van der Waals surface area contributed by atoms with Crippen LogP contribution in [0, 0.1) is 20.8 Å². The van der Waals surface area contributed by atoms with Crippen molar-refractivity contribution in [2.45, 2.75) is 38.5 Å². The summed E-state index contributed by atoms with van der Waals surface area (Å²) in [6, 6.07) is 6.51. The molecule has 0 fully saturated rings. The van der Waals surface area contributed by atoms with E-state index >= 15 is 0 Å². The highest BCUT2D eigenvalue weighted by Gasteiger charge is 2.34. The first kappa shape index (κ1) is 20.7. The van der Waals surface area contributed by atoms with Crippen molar-refractivity contribution >= 4 is 7.12 Å². The van der Waals surface area contributed by atoms with Gasteiger partial charge >= 0.3 is 7.12 Å². The topological polar surface area (TPSA) is 53.5 Å². The minimum absolute atomic E-state index is 0.201. The van der Waals surface area contributed by atoms with Gasteiger partial charge in [-0.15, -0.1) is 0 Å². The molecular formula is C27H27BN6. The van der Waals surface area contributed by atoms with E-state index in [0.29, 0.717) is 0 Å². The van der Waals surface area contributed by atoms with Gasteiger partial charge in [-0.05, 0) is 39.0 Å². The summed E-state index contributed by atoms with van der Waals surface area (Å²) in [7, 11) is -0.339. The van der Waals surface area contributed by atoms with Crippen LogP contribution in [-0.2, 0) is 0 Å². The summed E-state index contributed by atoms with van der Waals surface area (Å²) in [5.74, 6) is 0.602. The molecular weight excluding hydrogens is 419 g/mol. The molecule has 0 spiro atoms. The number of nitrogens with zero attached hydrogens (tertiary/aromatic N) is 6. The van der Waals surface area contributed by atoms with Crippen molar-refractivity contribution in [2.24, 2.45) is 0 Å². The van der Waals surface area contributed by atoms with Gasteiger partial charge in [-0.2, -0.15) is 15.3 Å². The van der Waals surface area contributed by atoms with Crippen molar-refractivity contribution < 1.29 is 0 Å². The summed E-state index contributed by atoms with van der Waals surface area (Å²) in [4.78, 5) is 0. The summed E-state index contributed by atoms with van der Waals surface area (Å²) in [6.45, 7) is 6.32. The predicted octanol–water partition coefficient (Wildman–Crippen LogP) is 4.76. The number of rotatable bonds is 6. The average molecular weight is 446 g/mol. The quantitative estimate of drug-likeness (QED) is 0.513. The Kier molecular flexibility index (Phi) is 4.98. The van der Waals surface area contributed by atoms with Crippen molar-refractivity contribution in [3.05, 3.63) is 125 Å². The predicted molar refractivity (Wildman–Crippen MR) is 136 cm³/mol. The third kappa shape index (κ3) is 3.48. The monoisotopic (exact) mass is 446 g/mol. The van der Waals surface area contributed by atoms with E-state index in [2.05, 4.69) is 126 Å². The van der Waals surface area contributed by atoms with E-state index in [1.165, 1.54) is 0 Å². The summed E-state index contributed by atoms with van der Waals surface area (Å²) in [5, 5.41) is 15.2. The molecule has 6 nitrogen and oxygen atoms in total. The van der Waals surface area contributed by atoms with Gasteiger partial charge in [-0.3, -0.25) is 13.8 Å². The Morgan fingerprint density at radius 3 is 1.03 bits per heavy atom. The highest BCUT2D eigenvalue weighted by molar-refractivity contribution is 6.53. The molecule has 0 saturated carbocycles. The van der Waals surface area contributed by atoms with Crippen LogP contribution in [-0.4, -0.2) is 36.2 Å². The summed E-state index contributed by atoms with van der Waals surface area (Å²) < 4.78 is 6.18. The molecule has 0 saturated heterocycles. The number of aryl methyl sites for hydroxylation is 3. The lowest BCUT2D eigenvalue weighted by Gasteiger charge is -2.18. The Morgan fingerprint density at radius 1 is 0.500 bits per heavy atom. The van der Waals surface area contributed by atoms with E-state index in [0.717, 1.165) is 34.2 Å². The lowest BCUT2D eigenvalue weighted by Crippen LogP contribution is -2.45. The van der Waals surface area contributed by atoms with Crippen LogP contribution >= 0.6 is 0 Å². The summed E-state index contributed by atoms with van der Waals surface area (Å²) in [5.41, 5.74) is 6.32. The van der Waals surface area contributed by atoms with Gasteiger partial charge in [0.2, 0.25) is 0 Å². The summed E-state index contributed by atoms with van der Waals surface area (Å²) in [6.07, 6.45) is 25.5. The Hall–Kier alpha value is -3.87. The van der Waals surface area contributed by atoms with E-state index in [9.17, 15) is 0 Å². The fourth-order valence-corrected chi connectivity index (χ4v) is 4.92. The fraction of sp³-hybridized carbons (Fsp3) is 0.222. The van der Waals surface area contributed by atoms with Gasteiger partial charge < -0.3 is 0 Å². The molecule has 3 aromatic heterocycles. The SMILES string of the molecule is Cc1cc(C2C=CC=C2)nn1B(n1nc(C2C=CC=C2)cc1C)n1nc(C2C=CC=C2)cc1C. The number of allylic oxidation sites excluding steroid dienone is 12. The molecule has 0 amide bonds. The molecule has 0 N–H and O–H groups in total. The second-order valence-electron chi connectivity index (χ2n) is 9.20. The van der Waals surface area contributed by atoms with Crippen molar-refractivity contribution in [3.8, 4) is 0 Å². The zero-order valence-electron chi connectivity index (χ0n) is 19.7. The first-order valence-corrected chi connectivity index (χ1v) is 11.8. The van der Waals surface area contributed by atoms with E-state index in [1.54, 1.807) is 0 Å². The third-order valence-corrected chi connectivity index (χ3v) is 6.75. The minimum Gasteiger partial charge on any atom is -0.266 e. The molecule has 0 aromatic carbocycles. The van der Waals surface area contributed by atoms with E-state index in [4.69, 9.17) is 15.3 Å². The van der Waals surface area contributed by atoms with Crippen molar-refractivity contribution in [3.63, 3.8) is 0 Å². The molecule has 0 bridgehead atoms. The molecule has 0 radical (unpaired) electrons. The van der Waals surface area contributed by atoms with Crippen LogP contribution in [0.2, 0.25) is 0 Å². The van der Waals surface area contributed by atoms with Crippen LogP contribution in [0.1, 0.15) is 51.9 Å². The molecule has 0 atom stereocenters. The van der Waals surface area contributed by atoms with E-state index in [1.807, 2.05) is 0 Å². The average Bonchev–Trinajstić information content (AvgIpc) is 3.64. The lowest BCUT2D eigenvalue weighted by atomic mass is 9.93. The first-order chi connectivity index (χ1) is 16.6. The minimum atomic E-state index is -0.339. The van der Waals surface area contributed by atoms with Crippen LogP contribution in [0.15, 0.2) is 91.1 Å². The van der Waals surface area contributed by atoms with Crippen molar-refractivity contribution in [1.29, 1.82) is 0 Å². The third-order valence-electron chi connectivity index (χ3n) is 6.75. The molecule has 7 heteroatoms. The van der Waals surface area contributed by atoms with E-state index < -0.39 is 0 Å². The maximum atomic E-state index is 5.08. The zero-order chi connectivity index (χ0) is 23.2. The van der Waals surface area contributed by atoms with Crippen molar-refractivity contribution in [1.82, 2.24) is 29.1 Å². The van der Waals surface area contributed by atoms with Crippen LogP contribution in [0.3, 0.4) is 0 Å². The van der Waals surface area contributed by atoms with Crippen LogP contribution < -0.4 is 0 Å². The largest absolute Gasteiger partial charge is 0.569 e. The number of hydrogen-bond donors (Lipinski definition) is 0. The Morgan fingerprint density at radius 2 is 0.765 bits per heavy atom. The molecule has 3 aromatic rings. The highest BCUT2D eigenvalue weighted by atomic mass is 15.5. The number of aromatic nitrogens is 6. The highest BCUT2D eigenvalue weighted by Crippen LogP contribution is 2.27. The lowest BCUT2D eigenvalue weighted by molar-refractivity contribution is 0.718. The van der Waals surface area contributed by atoms with Gasteiger partial charge in [0, 0.05) is 34.8 Å². The second kappa shape index (κ2) is 8.17. The Balaban J connectivity index is 1.49. The molecule has 3 aliphatic rings. The molecule has 0 aliphatic heterocycles. The molecule has 0 unspecified atom stereocenters. The molecule has 168 valence electrons. The van der Waals surface area contributed by atoms with Crippen LogP contribution in [0.5, 0.6) is 0 Å². The van der Waals surface area contributed by atoms with Gasteiger partial charge in [0.05, 0.1) is 17.1 Å². The molecule has 3 heterocycles. The van der Waals surface area contributed by atoms with E-state index in [-0.39, 0.29) is 24.9 Å². The van der Waals surface area contributed by atoms with Gasteiger partial charge in [0.25, 0.3) is 0 Å². The smallest absolute Gasteiger partial charge is 0.266 e. The van der Waals surface area contributed by atoms with Gasteiger partial charge in [-0.25, -0.2) is 0 Å². The zero-order valence-corrected chi connectivity index (χ0v) is 19.7. The normalized spacial score (nSPS) is 17.4. The van der Waals surface area contributed by atoms with Crippen LogP contribution in [0.4, 0.5) is 0 Å². The maximum Gasteiger partial charge on any atom is 0.569 e.